The van der Waals surface area contributed by atoms with Crippen molar-refractivity contribution in [2.75, 3.05) is 33.5 Å². The molecular formula is C18H24FNO6. The van der Waals surface area contributed by atoms with Crippen LogP contribution in [0.3, 0.4) is 0 Å². The summed E-state index contributed by atoms with van der Waals surface area (Å²) in [7, 11) is 1.53. The Morgan fingerprint density at radius 2 is 2.23 bits per heavy atom. The van der Waals surface area contributed by atoms with Crippen molar-refractivity contribution in [1.29, 1.82) is 0 Å². The summed E-state index contributed by atoms with van der Waals surface area (Å²) < 4.78 is 29.3. The Hall–Kier alpha value is -2.03. The van der Waals surface area contributed by atoms with Crippen LogP contribution in [0.2, 0.25) is 0 Å². The molecule has 0 bridgehead atoms. The molecule has 1 saturated heterocycles. The molecule has 144 valence electrons. The van der Waals surface area contributed by atoms with Gasteiger partial charge in [0.15, 0.2) is 0 Å². The van der Waals surface area contributed by atoms with E-state index in [9.17, 15) is 19.1 Å². The monoisotopic (exact) mass is 369 g/mol. The third kappa shape index (κ3) is 5.76. The van der Waals surface area contributed by atoms with Gasteiger partial charge in [-0.1, -0.05) is 0 Å². The zero-order valence-corrected chi connectivity index (χ0v) is 14.7. The van der Waals surface area contributed by atoms with E-state index in [1.165, 1.54) is 25.3 Å². The van der Waals surface area contributed by atoms with E-state index >= 15 is 0 Å². The fourth-order valence-corrected chi connectivity index (χ4v) is 2.79. The molecule has 2 atom stereocenters. The third-order valence-electron chi connectivity index (χ3n) is 4.22. The Labute approximate surface area is 151 Å². The lowest BCUT2D eigenvalue weighted by atomic mass is 9.93. The number of carboxylic acids is 1. The molecule has 1 aromatic carbocycles. The van der Waals surface area contributed by atoms with Gasteiger partial charge < -0.3 is 24.6 Å². The first-order chi connectivity index (χ1) is 12.5. The second-order valence-corrected chi connectivity index (χ2v) is 6.12. The van der Waals surface area contributed by atoms with Crippen molar-refractivity contribution in [3.63, 3.8) is 0 Å². The Balaban J connectivity index is 2.03. The van der Waals surface area contributed by atoms with E-state index in [1.807, 2.05) is 0 Å². The highest BCUT2D eigenvalue weighted by atomic mass is 19.1. The second-order valence-electron chi connectivity index (χ2n) is 6.12. The van der Waals surface area contributed by atoms with E-state index in [4.69, 9.17) is 14.2 Å². The molecule has 2 unspecified atom stereocenters. The van der Waals surface area contributed by atoms with Crippen molar-refractivity contribution in [2.45, 2.75) is 25.5 Å². The second kappa shape index (κ2) is 10.2. The number of nitrogens with one attached hydrogen (secondary N) is 1. The number of carbonyl (C=O) groups is 2. The number of halogens is 1. The van der Waals surface area contributed by atoms with Crippen LogP contribution in [0.25, 0.3) is 0 Å². The predicted octanol–water partition coefficient (Wildman–Crippen LogP) is 1.60. The lowest BCUT2D eigenvalue weighted by Crippen LogP contribution is -2.48. The highest BCUT2D eigenvalue weighted by molar-refractivity contribution is 5.96. The molecule has 2 rings (SSSR count). The minimum Gasteiger partial charge on any atom is -0.480 e. The molecule has 0 aliphatic carbocycles. The molecule has 1 amide bonds. The van der Waals surface area contributed by atoms with Crippen LogP contribution >= 0.6 is 0 Å². The summed E-state index contributed by atoms with van der Waals surface area (Å²) in [6.45, 7) is 1.57. The minimum absolute atomic E-state index is 0.00482. The van der Waals surface area contributed by atoms with E-state index in [-0.39, 0.29) is 23.7 Å². The highest BCUT2D eigenvalue weighted by Gasteiger charge is 2.31. The standard InChI is InChI=1S/C18H24FNO6/c1-24-7-8-26-11-14-9-12(4-5-15(14)19)17(21)20-16(18(22)23)13-3-2-6-25-10-13/h4-5,9,13,16H,2-3,6-8,10-11H2,1H3,(H,20,21)(H,22,23). The third-order valence-corrected chi connectivity index (χ3v) is 4.22. The lowest BCUT2D eigenvalue weighted by molar-refractivity contribution is -0.142. The van der Waals surface area contributed by atoms with Gasteiger partial charge in [-0.3, -0.25) is 4.79 Å². The van der Waals surface area contributed by atoms with E-state index in [0.29, 0.717) is 32.8 Å². The number of carboxylic acid groups (broad SMARTS) is 1. The number of hydrogen-bond donors (Lipinski definition) is 2. The molecule has 1 aromatic rings. The van der Waals surface area contributed by atoms with E-state index in [0.717, 1.165) is 6.42 Å². The molecule has 0 radical (unpaired) electrons. The van der Waals surface area contributed by atoms with Gasteiger partial charge in [0.1, 0.15) is 11.9 Å². The van der Waals surface area contributed by atoms with Gasteiger partial charge in [0, 0.05) is 30.8 Å². The van der Waals surface area contributed by atoms with Crippen LogP contribution in [-0.4, -0.2) is 56.6 Å². The molecule has 1 fully saturated rings. The first-order valence-corrected chi connectivity index (χ1v) is 8.49. The van der Waals surface area contributed by atoms with Crippen molar-refractivity contribution in [1.82, 2.24) is 5.32 Å². The van der Waals surface area contributed by atoms with Gasteiger partial charge in [-0.25, -0.2) is 9.18 Å². The van der Waals surface area contributed by atoms with Crippen molar-refractivity contribution >= 4 is 11.9 Å². The van der Waals surface area contributed by atoms with E-state index < -0.39 is 23.7 Å². The number of aliphatic carboxylic acids is 1. The van der Waals surface area contributed by atoms with Crippen LogP contribution < -0.4 is 5.32 Å². The summed E-state index contributed by atoms with van der Waals surface area (Å²) in [6, 6.07) is 2.81. The first kappa shape index (κ1) is 20.3. The van der Waals surface area contributed by atoms with Gasteiger partial charge in [0.2, 0.25) is 0 Å². The fourth-order valence-electron chi connectivity index (χ4n) is 2.79. The van der Waals surface area contributed by atoms with Gasteiger partial charge >= 0.3 is 5.97 Å². The largest absolute Gasteiger partial charge is 0.480 e. The zero-order valence-electron chi connectivity index (χ0n) is 14.7. The minimum atomic E-state index is -1.11. The summed E-state index contributed by atoms with van der Waals surface area (Å²) in [6.07, 6.45) is 1.42. The zero-order chi connectivity index (χ0) is 18.9. The molecule has 0 saturated carbocycles. The first-order valence-electron chi connectivity index (χ1n) is 8.49. The van der Waals surface area contributed by atoms with E-state index in [1.54, 1.807) is 0 Å². The average molecular weight is 369 g/mol. The van der Waals surface area contributed by atoms with Crippen molar-refractivity contribution in [3.8, 4) is 0 Å². The van der Waals surface area contributed by atoms with Crippen LogP contribution in [0, 0.1) is 11.7 Å². The molecule has 26 heavy (non-hydrogen) atoms. The van der Waals surface area contributed by atoms with Crippen LogP contribution in [0.15, 0.2) is 18.2 Å². The molecule has 1 aliphatic rings. The van der Waals surface area contributed by atoms with E-state index in [2.05, 4.69) is 5.32 Å². The maximum atomic E-state index is 13.9. The van der Waals surface area contributed by atoms with Gasteiger partial charge in [0.25, 0.3) is 5.91 Å². The van der Waals surface area contributed by atoms with Gasteiger partial charge in [-0.2, -0.15) is 0 Å². The van der Waals surface area contributed by atoms with Crippen LogP contribution in [0.1, 0.15) is 28.8 Å². The molecule has 0 aromatic heterocycles. The SMILES string of the molecule is COCCOCc1cc(C(=O)NC(C(=O)O)C2CCCOC2)ccc1F. The normalized spacial score (nSPS) is 18.3. The summed E-state index contributed by atoms with van der Waals surface area (Å²) in [5.74, 6) is -2.46. The summed E-state index contributed by atoms with van der Waals surface area (Å²) in [5, 5.41) is 11.9. The molecular weight excluding hydrogens is 345 g/mol. The molecule has 7 nitrogen and oxygen atoms in total. The Morgan fingerprint density at radius 3 is 2.88 bits per heavy atom. The molecule has 0 spiro atoms. The number of ether oxygens (including phenoxy) is 3. The van der Waals surface area contributed by atoms with Crippen LogP contribution in [0.4, 0.5) is 4.39 Å². The summed E-state index contributed by atoms with van der Waals surface area (Å²) in [4.78, 5) is 24.0. The Kier molecular flexibility index (Phi) is 7.96. The molecule has 1 aliphatic heterocycles. The topological polar surface area (TPSA) is 94.1 Å². The fraction of sp³-hybridized carbons (Fsp3) is 0.556. The summed E-state index contributed by atoms with van der Waals surface area (Å²) in [5.41, 5.74) is 0.404. The predicted molar refractivity (Wildman–Crippen MR) is 90.4 cm³/mol. The Bertz CT molecular complexity index is 618. The van der Waals surface area contributed by atoms with Crippen molar-refractivity contribution in [2.24, 2.45) is 5.92 Å². The smallest absolute Gasteiger partial charge is 0.326 e. The lowest BCUT2D eigenvalue weighted by Gasteiger charge is -2.28. The maximum absolute atomic E-state index is 13.9. The highest BCUT2D eigenvalue weighted by Crippen LogP contribution is 2.19. The quantitative estimate of drug-likeness (QED) is 0.642. The van der Waals surface area contributed by atoms with Crippen LogP contribution in [0.5, 0.6) is 0 Å². The number of benzene rings is 1. The Morgan fingerprint density at radius 1 is 1.42 bits per heavy atom. The number of methoxy groups -OCH3 is 1. The van der Waals surface area contributed by atoms with Gasteiger partial charge in [0.05, 0.1) is 26.4 Å². The van der Waals surface area contributed by atoms with Crippen LogP contribution in [-0.2, 0) is 25.6 Å². The summed E-state index contributed by atoms with van der Waals surface area (Å²) >= 11 is 0. The average Bonchev–Trinajstić information content (AvgIpc) is 2.64. The maximum Gasteiger partial charge on any atom is 0.326 e. The number of rotatable bonds is 9. The van der Waals surface area contributed by atoms with Crippen molar-refractivity contribution < 1.29 is 33.3 Å². The molecule has 1 heterocycles. The molecule has 8 heteroatoms. The van der Waals surface area contributed by atoms with Gasteiger partial charge in [-0.05, 0) is 31.0 Å². The number of hydrogen-bond acceptors (Lipinski definition) is 5. The molecule has 2 N–H and O–H groups in total. The number of amides is 1. The number of carbonyl (C=O) groups excluding carboxylic acids is 1. The van der Waals surface area contributed by atoms with Crippen molar-refractivity contribution in [3.05, 3.63) is 35.1 Å². The van der Waals surface area contributed by atoms with Gasteiger partial charge in [-0.15, -0.1) is 0 Å².